The monoisotopic (exact) mass is 258 g/mol. The molecule has 1 aromatic carbocycles. The third-order valence-electron chi connectivity index (χ3n) is 4.87. The van der Waals surface area contributed by atoms with Crippen LogP contribution in [-0.2, 0) is 0 Å². The van der Waals surface area contributed by atoms with Crippen LogP contribution in [0.15, 0.2) is 24.3 Å². The van der Waals surface area contributed by atoms with Gasteiger partial charge in [-0.05, 0) is 29.7 Å². The third-order valence-corrected chi connectivity index (χ3v) is 4.87. The Morgan fingerprint density at radius 3 is 2.53 bits per heavy atom. The molecule has 0 aromatic heterocycles. The van der Waals surface area contributed by atoms with Crippen LogP contribution in [0.5, 0.6) is 0 Å². The van der Waals surface area contributed by atoms with Crippen LogP contribution >= 0.6 is 0 Å². The number of carbonyl (C=O) groups is 1. The van der Waals surface area contributed by atoms with Gasteiger partial charge >= 0.3 is 0 Å². The smallest absolute Gasteiger partial charge is 0.150 e. The van der Waals surface area contributed by atoms with E-state index < -0.39 is 0 Å². The fourth-order valence-corrected chi connectivity index (χ4v) is 3.75. The van der Waals surface area contributed by atoms with Gasteiger partial charge in [0, 0.05) is 5.56 Å². The van der Waals surface area contributed by atoms with Gasteiger partial charge in [0.15, 0.2) is 0 Å². The molecule has 1 fully saturated rings. The van der Waals surface area contributed by atoms with Gasteiger partial charge in [-0.25, -0.2) is 0 Å². The number of hydrogen-bond donors (Lipinski definition) is 0. The van der Waals surface area contributed by atoms with Crippen LogP contribution < -0.4 is 0 Å². The maximum Gasteiger partial charge on any atom is 0.150 e. The summed E-state index contributed by atoms with van der Waals surface area (Å²) in [5, 5.41) is 0. The zero-order valence-electron chi connectivity index (χ0n) is 12.3. The minimum atomic E-state index is 0.623. The van der Waals surface area contributed by atoms with Crippen molar-refractivity contribution in [3.63, 3.8) is 0 Å². The van der Waals surface area contributed by atoms with E-state index in [-0.39, 0.29) is 0 Å². The Kier molecular flexibility index (Phi) is 5.18. The van der Waals surface area contributed by atoms with Crippen molar-refractivity contribution in [3.8, 4) is 0 Å². The summed E-state index contributed by atoms with van der Waals surface area (Å²) in [6.45, 7) is 4.67. The van der Waals surface area contributed by atoms with E-state index in [2.05, 4.69) is 26.0 Å². The number of benzene rings is 1. The lowest BCUT2D eigenvalue weighted by Gasteiger charge is -2.36. The molecule has 0 N–H and O–H groups in total. The van der Waals surface area contributed by atoms with Crippen molar-refractivity contribution in [3.05, 3.63) is 35.4 Å². The zero-order chi connectivity index (χ0) is 13.7. The van der Waals surface area contributed by atoms with E-state index in [0.29, 0.717) is 5.92 Å². The molecule has 0 amide bonds. The standard InChI is InChI=1S/C18H26O/c1-3-6-17-7-4-5-8-18(17)14(2)16-11-9-15(13-19)10-12-16/h9-14,17-18H,3-8H2,1-2H3. The number of carbonyl (C=O) groups excluding carboxylic acids is 1. The summed E-state index contributed by atoms with van der Waals surface area (Å²) in [7, 11) is 0. The zero-order valence-corrected chi connectivity index (χ0v) is 12.3. The molecule has 0 heterocycles. The van der Waals surface area contributed by atoms with Crippen LogP contribution in [0.3, 0.4) is 0 Å². The Labute approximate surface area is 117 Å². The maximum absolute atomic E-state index is 10.7. The molecule has 2 rings (SSSR count). The Morgan fingerprint density at radius 1 is 1.21 bits per heavy atom. The van der Waals surface area contributed by atoms with E-state index in [1.807, 2.05) is 12.1 Å². The van der Waals surface area contributed by atoms with Gasteiger partial charge in [-0.1, -0.05) is 70.2 Å². The highest BCUT2D eigenvalue weighted by Crippen LogP contribution is 2.41. The average Bonchev–Trinajstić information content (AvgIpc) is 2.47. The summed E-state index contributed by atoms with van der Waals surface area (Å²) in [5.74, 6) is 2.35. The predicted molar refractivity (Wildman–Crippen MR) is 80.6 cm³/mol. The van der Waals surface area contributed by atoms with Crippen LogP contribution in [0.4, 0.5) is 0 Å². The lowest BCUT2D eigenvalue weighted by molar-refractivity contribution is 0.112. The molecule has 1 nitrogen and oxygen atoms in total. The lowest BCUT2D eigenvalue weighted by atomic mass is 9.69. The summed E-state index contributed by atoms with van der Waals surface area (Å²) in [6, 6.07) is 8.20. The first-order valence-electron chi connectivity index (χ1n) is 7.81. The topological polar surface area (TPSA) is 17.1 Å². The molecule has 0 radical (unpaired) electrons. The number of hydrogen-bond acceptors (Lipinski definition) is 1. The SMILES string of the molecule is CCCC1CCCCC1C(C)c1ccc(C=O)cc1. The molecule has 1 aromatic rings. The largest absolute Gasteiger partial charge is 0.298 e. The van der Waals surface area contributed by atoms with Crippen molar-refractivity contribution >= 4 is 6.29 Å². The van der Waals surface area contributed by atoms with Crippen molar-refractivity contribution in [2.45, 2.75) is 58.3 Å². The summed E-state index contributed by atoms with van der Waals surface area (Å²) < 4.78 is 0. The van der Waals surface area contributed by atoms with E-state index >= 15 is 0 Å². The molecule has 0 aliphatic heterocycles. The van der Waals surface area contributed by atoms with E-state index in [4.69, 9.17) is 0 Å². The fraction of sp³-hybridized carbons (Fsp3) is 0.611. The molecule has 0 bridgehead atoms. The van der Waals surface area contributed by atoms with Crippen molar-refractivity contribution in [2.24, 2.45) is 11.8 Å². The van der Waals surface area contributed by atoms with Gasteiger partial charge in [-0.15, -0.1) is 0 Å². The first-order chi connectivity index (χ1) is 9.26. The molecule has 3 unspecified atom stereocenters. The number of aldehydes is 1. The van der Waals surface area contributed by atoms with Crippen LogP contribution in [0, 0.1) is 11.8 Å². The van der Waals surface area contributed by atoms with Crippen LogP contribution in [0.1, 0.15) is 74.2 Å². The summed E-state index contributed by atoms with van der Waals surface area (Å²) in [6.07, 6.45) is 9.20. The highest BCUT2D eigenvalue weighted by molar-refractivity contribution is 5.74. The molecule has 1 heteroatoms. The second-order valence-corrected chi connectivity index (χ2v) is 6.07. The third kappa shape index (κ3) is 3.46. The van der Waals surface area contributed by atoms with Crippen LogP contribution in [0.2, 0.25) is 0 Å². The molecule has 0 saturated heterocycles. The van der Waals surface area contributed by atoms with Gasteiger partial charge in [0.1, 0.15) is 6.29 Å². The van der Waals surface area contributed by atoms with Crippen molar-refractivity contribution in [1.29, 1.82) is 0 Å². The van der Waals surface area contributed by atoms with Crippen molar-refractivity contribution < 1.29 is 4.79 Å². The first-order valence-corrected chi connectivity index (χ1v) is 7.81. The molecule has 1 saturated carbocycles. The molecule has 1 aliphatic carbocycles. The van der Waals surface area contributed by atoms with E-state index in [9.17, 15) is 4.79 Å². The van der Waals surface area contributed by atoms with Crippen molar-refractivity contribution in [2.75, 3.05) is 0 Å². The highest BCUT2D eigenvalue weighted by Gasteiger charge is 2.29. The highest BCUT2D eigenvalue weighted by atomic mass is 16.1. The molecule has 3 atom stereocenters. The lowest BCUT2D eigenvalue weighted by Crippen LogP contribution is -2.24. The van der Waals surface area contributed by atoms with Crippen molar-refractivity contribution in [1.82, 2.24) is 0 Å². The van der Waals surface area contributed by atoms with Gasteiger partial charge in [0.25, 0.3) is 0 Å². The second kappa shape index (κ2) is 6.88. The summed E-state index contributed by atoms with van der Waals surface area (Å²) >= 11 is 0. The van der Waals surface area contributed by atoms with Crippen LogP contribution in [0.25, 0.3) is 0 Å². The van der Waals surface area contributed by atoms with Gasteiger partial charge in [0.05, 0.1) is 0 Å². The van der Waals surface area contributed by atoms with E-state index in [0.717, 1.165) is 23.7 Å². The molecular weight excluding hydrogens is 232 g/mol. The Hall–Kier alpha value is -1.11. The summed E-state index contributed by atoms with van der Waals surface area (Å²) in [4.78, 5) is 10.7. The van der Waals surface area contributed by atoms with Gasteiger partial charge < -0.3 is 0 Å². The molecule has 0 spiro atoms. The quantitative estimate of drug-likeness (QED) is 0.663. The predicted octanol–water partition coefficient (Wildman–Crippen LogP) is 5.21. The maximum atomic E-state index is 10.7. The minimum Gasteiger partial charge on any atom is -0.298 e. The normalized spacial score (nSPS) is 24.9. The second-order valence-electron chi connectivity index (χ2n) is 6.07. The molecule has 1 aliphatic rings. The van der Waals surface area contributed by atoms with E-state index in [1.165, 1.54) is 44.1 Å². The molecular formula is C18H26O. The Bertz CT molecular complexity index is 391. The fourth-order valence-electron chi connectivity index (χ4n) is 3.75. The Balaban J connectivity index is 2.10. The van der Waals surface area contributed by atoms with E-state index in [1.54, 1.807) is 0 Å². The van der Waals surface area contributed by atoms with Gasteiger partial charge in [0.2, 0.25) is 0 Å². The van der Waals surface area contributed by atoms with Gasteiger partial charge in [-0.3, -0.25) is 4.79 Å². The number of rotatable bonds is 5. The average molecular weight is 258 g/mol. The van der Waals surface area contributed by atoms with Crippen LogP contribution in [-0.4, -0.2) is 6.29 Å². The molecule has 19 heavy (non-hydrogen) atoms. The summed E-state index contributed by atoms with van der Waals surface area (Å²) in [5.41, 5.74) is 2.18. The Morgan fingerprint density at radius 2 is 1.89 bits per heavy atom. The first kappa shape index (κ1) is 14.3. The minimum absolute atomic E-state index is 0.623. The molecule has 104 valence electrons. The van der Waals surface area contributed by atoms with Gasteiger partial charge in [-0.2, -0.15) is 0 Å².